The summed E-state index contributed by atoms with van der Waals surface area (Å²) in [6, 6.07) is 9.86. The van der Waals surface area contributed by atoms with Gasteiger partial charge in [0.15, 0.2) is 6.61 Å². The molecule has 1 fully saturated rings. The monoisotopic (exact) mass is 418 g/mol. The van der Waals surface area contributed by atoms with E-state index in [0.29, 0.717) is 11.6 Å². The van der Waals surface area contributed by atoms with Gasteiger partial charge in [-0.2, -0.15) is 0 Å². The van der Waals surface area contributed by atoms with E-state index in [-0.39, 0.29) is 18.6 Å². The quantitative estimate of drug-likeness (QED) is 0.713. The molecule has 1 aromatic carbocycles. The molecule has 6 heteroatoms. The lowest BCUT2D eigenvalue weighted by molar-refractivity contribution is -0.124. The van der Waals surface area contributed by atoms with E-state index < -0.39 is 5.97 Å². The molecule has 138 valence electrons. The molecule has 26 heavy (non-hydrogen) atoms. The summed E-state index contributed by atoms with van der Waals surface area (Å²) in [5.41, 5.74) is 3.49. The Morgan fingerprint density at radius 3 is 2.65 bits per heavy atom. The van der Waals surface area contributed by atoms with Crippen LogP contribution in [0.15, 0.2) is 34.8 Å². The van der Waals surface area contributed by atoms with E-state index in [1.165, 1.54) is 0 Å². The molecule has 1 atom stereocenters. The molecule has 1 heterocycles. The van der Waals surface area contributed by atoms with E-state index in [0.717, 1.165) is 34.3 Å². The SMILES string of the molecule is Cc1cc(C(=O)OCC(=O)N[C@@H](C)c2ccccc2Br)c(C)n1C1CC1. The third-order valence-corrected chi connectivity index (χ3v) is 5.42. The summed E-state index contributed by atoms with van der Waals surface area (Å²) < 4.78 is 8.34. The molecule has 1 N–H and O–H groups in total. The fraction of sp³-hybridized carbons (Fsp3) is 0.400. The number of hydrogen-bond donors (Lipinski definition) is 1. The highest BCUT2D eigenvalue weighted by Gasteiger charge is 2.29. The Kier molecular flexibility index (Phi) is 5.51. The smallest absolute Gasteiger partial charge is 0.340 e. The summed E-state index contributed by atoms with van der Waals surface area (Å²) in [5.74, 6) is -0.772. The molecule has 2 aromatic rings. The van der Waals surface area contributed by atoms with Crippen LogP contribution < -0.4 is 5.32 Å². The molecular weight excluding hydrogens is 396 g/mol. The molecule has 1 aliphatic carbocycles. The molecule has 3 rings (SSSR count). The number of benzene rings is 1. The van der Waals surface area contributed by atoms with Crippen molar-refractivity contribution in [2.24, 2.45) is 0 Å². The molecule has 1 aliphatic rings. The largest absolute Gasteiger partial charge is 0.452 e. The summed E-state index contributed by atoms with van der Waals surface area (Å²) in [6.07, 6.45) is 2.31. The van der Waals surface area contributed by atoms with Gasteiger partial charge in [-0.3, -0.25) is 4.79 Å². The average molecular weight is 419 g/mol. The van der Waals surface area contributed by atoms with Gasteiger partial charge in [-0.15, -0.1) is 0 Å². The standard InChI is InChI=1S/C20H23BrN2O3/c1-12-10-17(14(3)23(12)15-8-9-15)20(25)26-11-19(24)22-13(2)16-6-4-5-7-18(16)21/h4-7,10,13,15H,8-9,11H2,1-3H3,(H,22,24)/t13-/m0/s1. The molecule has 1 amide bonds. The Bertz CT molecular complexity index is 840. The van der Waals surface area contributed by atoms with Crippen LogP contribution in [0.5, 0.6) is 0 Å². The topological polar surface area (TPSA) is 60.3 Å². The zero-order valence-electron chi connectivity index (χ0n) is 15.2. The van der Waals surface area contributed by atoms with Crippen LogP contribution in [0.25, 0.3) is 0 Å². The molecule has 0 radical (unpaired) electrons. The van der Waals surface area contributed by atoms with Crippen molar-refractivity contribution >= 4 is 27.8 Å². The lowest BCUT2D eigenvalue weighted by atomic mass is 10.1. The van der Waals surface area contributed by atoms with E-state index in [1.807, 2.05) is 51.1 Å². The van der Waals surface area contributed by atoms with Gasteiger partial charge in [0.05, 0.1) is 11.6 Å². The zero-order valence-corrected chi connectivity index (χ0v) is 16.8. The van der Waals surface area contributed by atoms with Crippen molar-refractivity contribution in [2.45, 2.75) is 45.7 Å². The van der Waals surface area contributed by atoms with Crippen LogP contribution in [0.1, 0.15) is 59.2 Å². The molecule has 0 bridgehead atoms. The molecule has 0 spiro atoms. The van der Waals surface area contributed by atoms with Crippen LogP contribution in [-0.4, -0.2) is 23.1 Å². The molecular formula is C20H23BrN2O3. The number of aromatic nitrogens is 1. The van der Waals surface area contributed by atoms with Gasteiger partial charge in [0, 0.05) is 21.9 Å². The third-order valence-electron chi connectivity index (χ3n) is 4.70. The first-order valence-electron chi connectivity index (χ1n) is 8.77. The van der Waals surface area contributed by atoms with Crippen LogP contribution in [-0.2, 0) is 9.53 Å². The predicted octanol–water partition coefficient (Wildman–Crippen LogP) is 4.24. The predicted molar refractivity (Wildman–Crippen MR) is 103 cm³/mol. The number of rotatable bonds is 6. The second-order valence-electron chi connectivity index (χ2n) is 6.77. The second-order valence-corrected chi connectivity index (χ2v) is 7.63. The Balaban J connectivity index is 1.57. The lowest BCUT2D eigenvalue weighted by Crippen LogP contribution is -2.31. The Labute approximate surface area is 161 Å². The van der Waals surface area contributed by atoms with Crippen LogP contribution in [0, 0.1) is 13.8 Å². The fourth-order valence-corrected chi connectivity index (χ4v) is 3.90. The summed E-state index contributed by atoms with van der Waals surface area (Å²) in [4.78, 5) is 24.5. The minimum atomic E-state index is -0.450. The van der Waals surface area contributed by atoms with Gasteiger partial charge >= 0.3 is 5.97 Å². The summed E-state index contributed by atoms with van der Waals surface area (Å²) in [5, 5.41) is 2.85. The highest BCUT2D eigenvalue weighted by molar-refractivity contribution is 9.10. The number of carbonyl (C=O) groups is 2. The van der Waals surface area contributed by atoms with Crippen molar-refractivity contribution in [1.82, 2.24) is 9.88 Å². The number of nitrogens with zero attached hydrogens (tertiary/aromatic N) is 1. The summed E-state index contributed by atoms with van der Waals surface area (Å²) in [7, 11) is 0. The maximum absolute atomic E-state index is 12.4. The van der Waals surface area contributed by atoms with E-state index in [4.69, 9.17) is 4.74 Å². The van der Waals surface area contributed by atoms with E-state index in [9.17, 15) is 9.59 Å². The zero-order chi connectivity index (χ0) is 18.8. The number of halogens is 1. The number of ether oxygens (including phenoxy) is 1. The van der Waals surface area contributed by atoms with Crippen molar-refractivity contribution < 1.29 is 14.3 Å². The van der Waals surface area contributed by atoms with Gasteiger partial charge in [0.25, 0.3) is 5.91 Å². The minimum Gasteiger partial charge on any atom is -0.452 e. The average Bonchev–Trinajstić information content (AvgIpc) is 3.38. The van der Waals surface area contributed by atoms with Crippen molar-refractivity contribution in [3.63, 3.8) is 0 Å². The highest BCUT2D eigenvalue weighted by atomic mass is 79.9. The van der Waals surface area contributed by atoms with E-state index >= 15 is 0 Å². The van der Waals surface area contributed by atoms with Crippen LogP contribution in [0.4, 0.5) is 0 Å². The van der Waals surface area contributed by atoms with Crippen molar-refractivity contribution in [3.8, 4) is 0 Å². The van der Waals surface area contributed by atoms with E-state index in [2.05, 4.69) is 25.8 Å². The van der Waals surface area contributed by atoms with Gasteiger partial charge in [-0.25, -0.2) is 4.79 Å². The van der Waals surface area contributed by atoms with Crippen LogP contribution >= 0.6 is 15.9 Å². The van der Waals surface area contributed by atoms with Crippen molar-refractivity contribution in [3.05, 3.63) is 57.3 Å². The first-order chi connectivity index (χ1) is 12.4. The lowest BCUT2D eigenvalue weighted by Gasteiger charge is -2.16. The summed E-state index contributed by atoms with van der Waals surface area (Å²) in [6.45, 7) is 5.52. The van der Waals surface area contributed by atoms with Crippen molar-refractivity contribution in [2.75, 3.05) is 6.61 Å². The number of amides is 1. The van der Waals surface area contributed by atoms with Gasteiger partial charge < -0.3 is 14.6 Å². The summed E-state index contributed by atoms with van der Waals surface area (Å²) >= 11 is 3.47. The number of nitrogens with one attached hydrogen (secondary N) is 1. The first kappa shape index (κ1) is 18.7. The molecule has 1 saturated carbocycles. The first-order valence-corrected chi connectivity index (χ1v) is 9.57. The Morgan fingerprint density at radius 1 is 1.31 bits per heavy atom. The molecule has 0 aliphatic heterocycles. The van der Waals surface area contributed by atoms with E-state index in [1.54, 1.807) is 0 Å². The number of aryl methyl sites for hydroxylation is 1. The van der Waals surface area contributed by atoms with Crippen LogP contribution in [0.3, 0.4) is 0 Å². The highest BCUT2D eigenvalue weighted by Crippen LogP contribution is 2.38. The van der Waals surface area contributed by atoms with Gasteiger partial charge in [-0.1, -0.05) is 34.1 Å². The molecule has 1 aromatic heterocycles. The normalized spacial score (nSPS) is 14.8. The minimum absolute atomic E-state index is 0.184. The Hall–Kier alpha value is -2.08. The maximum Gasteiger partial charge on any atom is 0.340 e. The molecule has 5 nitrogen and oxygen atoms in total. The van der Waals surface area contributed by atoms with Gasteiger partial charge in [0.2, 0.25) is 0 Å². The Morgan fingerprint density at radius 2 is 2.00 bits per heavy atom. The molecule has 0 unspecified atom stereocenters. The van der Waals surface area contributed by atoms with Gasteiger partial charge in [0.1, 0.15) is 0 Å². The fourth-order valence-electron chi connectivity index (χ4n) is 3.27. The van der Waals surface area contributed by atoms with Gasteiger partial charge in [-0.05, 0) is 51.3 Å². The number of esters is 1. The number of carbonyl (C=O) groups excluding carboxylic acids is 2. The molecule has 0 saturated heterocycles. The second kappa shape index (κ2) is 7.66. The third kappa shape index (κ3) is 4.01. The van der Waals surface area contributed by atoms with Crippen LogP contribution in [0.2, 0.25) is 0 Å². The maximum atomic E-state index is 12.4. The number of hydrogen-bond acceptors (Lipinski definition) is 3. The van der Waals surface area contributed by atoms with Crippen molar-refractivity contribution in [1.29, 1.82) is 0 Å².